The van der Waals surface area contributed by atoms with Gasteiger partial charge in [0, 0.05) is 5.69 Å². The fourth-order valence-corrected chi connectivity index (χ4v) is 4.06. The molecule has 0 radical (unpaired) electrons. The van der Waals surface area contributed by atoms with Crippen LogP contribution in [-0.4, -0.2) is 13.4 Å². The summed E-state index contributed by atoms with van der Waals surface area (Å²) in [5, 5.41) is 3.25. The minimum absolute atomic E-state index is 0.0293. The van der Waals surface area contributed by atoms with Gasteiger partial charge in [-0.05, 0) is 67.8 Å². The van der Waals surface area contributed by atoms with E-state index in [0.29, 0.717) is 17.1 Å². The van der Waals surface area contributed by atoms with Gasteiger partial charge in [-0.3, -0.25) is 4.72 Å². The largest absolute Gasteiger partial charge is 0.340 e. The SMILES string of the molecule is Cc1cc(F)ccc1S(=O)(=O)Nc1ccc(Nc2c(C)cccc2C)nc1. The summed E-state index contributed by atoms with van der Waals surface area (Å²) in [6, 6.07) is 12.9. The fraction of sp³-hybridized carbons (Fsp3) is 0.150. The van der Waals surface area contributed by atoms with Crippen LogP contribution in [0.4, 0.5) is 21.6 Å². The molecule has 0 aliphatic heterocycles. The molecule has 140 valence electrons. The molecule has 2 aromatic carbocycles. The standard InChI is InChI=1S/C20H20FN3O2S/c1-13-5-4-6-14(2)20(13)23-19-10-8-17(12-22-19)24-27(25,26)18-9-7-16(21)11-15(18)3/h4-12,24H,1-3H3,(H,22,23). The van der Waals surface area contributed by atoms with E-state index in [1.54, 1.807) is 19.1 Å². The third-order valence-corrected chi connectivity index (χ3v) is 5.72. The summed E-state index contributed by atoms with van der Waals surface area (Å²) < 4.78 is 40.7. The van der Waals surface area contributed by atoms with Gasteiger partial charge in [0.25, 0.3) is 10.0 Å². The second kappa shape index (κ2) is 7.36. The zero-order valence-corrected chi connectivity index (χ0v) is 16.1. The first-order valence-corrected chi connectivity index (χ1v) is 9.83. The van der Waals surface area contributed by atoms with Gasteiger partial charge in [0.2, 0.25) is 0 Å². The fourth-order valence-electron chi connectivity index (χ4n) is 2.79. The Morgan fingerprint density at radius 3 is 2.22 bits per heavy atom. The Kier molecular flexibility index (Phi) is 5.14. The average Bonchev–Trinajstić information content (AvgIpc) is 2.59. The number of rotatable bonds is 5. The Morgan fingerprint density at radius 2 is 1.63 bits per heavy atom. The van der Waals surface area contributed by atoms with Crippen molar-refractivity contribution in [2.75, 3.05) is 10.0 Å². The summed E-state index contributed by atoms with van der Waals surface area (Å²) in [5.74, 6) is 0.128. The van der Waals surface area contributed by atoms with E-state index in [-0.39, 0.29) is 4.90 Å². The molecule has 0 aliphatic carbocycles. The van der Waals surface area contributed by atoms with Crippen molar-refractivity contribution >= 4 is 27.2 Å². The molecule has 3 rings (SSSR count). The van der Waals surface area contributed by atoms with Crippen LogP contribution in [0.25, 0.3) is 0 Å². The predicted molar refractivity (Wildman–Crippen MR) is 105 cm³/mol. The normalized spacial score (nSPS) is 11.3. The molecule has 0 saturated heterocycles. The molecular formula is C20H20FN3O2S. The summed E-state index contributed by atoms with van der Waals surface area (Å²) >= 11 is 0. The summed E-state index contributed by atoms with van der Waals surface area (Å²) in [6.07, 6.45) is 1.44. The van der Waals surface area contributed by atoms with Gasteiger partial charge < -0.3 is 5.32 Å². The molecule has 0 saturated carbocycles. The van der Waals surface area contributed by atoms with E-state index in [4.69, 9.17) is 0 Å². The number of aryl methyl sites for hydroxylation is 3. The first-order chi connectivity index (χ1) is 12.8. The van der Waals surface area contributed by atoms with E-state index in [1.807, 2.05) is 32.0 Å². The Morgan fingerprint density at radius 1 is 0.926 bits per heavy atom. The molecule has 0 atom stereocenters. The highest BCUT2D eigenvalue weighted by Gasteiger charge is 2.17. The van der Waals surface area contributed by atoms with Gasteiger partial charge >= 0.3 is 0 Å². The number of nitrogens with zero attached hydrogens (tertiary/aromatic N) is 1. The lowest BCUT2D eigenvalue weighted by Gasteiger charge is -2.13. The van der Waals surface area contributed by atoms with Gasteiger partial charge in [0.05, 0.1) is 16.8 Å². The molecule has 27 heavy (non-hydrogen) atoms. The topological polar surface area (TPSA) is 71.1 Å². The molecule has 0 bridgehead atoms. The second-order valence-corrected chi connectivity index (χ2v) is 7.99. The molecule has 1 aromatic heterocycles. The Hall–Kier alpha value is -2.93. The number of hydrogen-bond acceptors (Lipinski definition) is 4. The van der Waals surface area contributed by atoms with Crippen LogP contribution >= 0.6 is 0 Å². The van der Waals surface area contributed by atoms with Gasteiger partial charge in [-0.25, -0.2) is 17.8 Å². The van der Waals surface area contributed by atoms with Gasteiger partial charge in [-0.1, -0.05) is 18.2 Å². The quantitative estimate of drug-likeness (QED) is 0.668. The Balaban J connectivity index is 1.79. The summed E-state index contributed by atoms with van der Waals surface area (Å²) in [6.45, 7) is 5.55. The van der Waals surface area contributed by atoms with Crippen molar-refractivity contribution < 1.29 is 12.8 Å². The number of sulfonamides is 1. The lowest BCUT2D eigenvalue weighted by atomic mass is 10.1. The molecule has 7 heteroatoms. The van der Waals surface area contributed by atoms with Crippen LogP contribution in [0.2, 0.25) is 0 Å². The highest BCUT2D eigenvalue weighted by Crippen LogP contribution is 2.25. The number of pyridine rings is 1. The number of hydrogen-bond donors (Lipinski definition) is 2. The van der Waals surface area contributed by atoms with E-state index < -0.39 is 15.8 Å². The van der Waals surface area contributed by atoms with Crippen LogP contribution in [0.5, 0.6) is 0 Å². The maximum absolute atomic E-state index is 13.2. The van der Waals surface area contributed by atoms with Crippen LogP contribution in [0, 0.1) is 26.6 Å². The maximum atomic E-state index is 13.2. The predicted octanol–water partition coefficient (Wildman–Crippen LogP) is 4.69. The van der Waals surface area contributed by atoms with Crippen molar-refractivity contribution in [2.24, 2.45) is 0 Å². The summed E-state index contributed by atoms with van der Waals surface area (Å²) in [5.41, 5.74) is 3.82. The first kappa shape index (κ1) is 18.8. The average molecular weight is 385 g/mol. The third-order valence-electron chi connectivity index (χ3n) is 4.18. The van der Waals surface area contributed by atoms with Crippen molar-refractivity contribution in [3.05, 3.63) is 77.2 Å². The van der Waals surface area contributed by atoms with Gasteiger partial charge in [-0.2, -0.15) is 0 Å². The third kappa shape index (κ3) is 4.25. The van der Waals surface area contributed by atoms with Crippen LogP contribution in [-0.2, 0) is 10.0 Å². The maximum Gasteiger partial charge on any atom is 0.262 e. The van der Waals surface area contributed by atoms with E-state index in [2.05, 4.69) is 15.0 Å². The molecule has 0 fully saturated rings. The molecule has 3 aromatic rings. The molecule has 0 aliphatic rings. The smallest absolute Gasteiger partial charge is 0.262 e. The van der Waals surface area contributed by atoms with Crippen molar-refractivity contribution in [1.82, 2.24) is 4.98 Å². The van der Waals surface area contributed by atoms with Crippen LogP contribution in [0.1, 0.15) is 16.7 Å². The second-order valence-electron chi connectivity index (χ2n) is 6.34. The summed E-state index contributed by atoms with van der Waals surface area (Å²) in [4.78, 5) is 4.30. The molecule has 0 amide bonds. The summed E-state index contributed by atoms with van der Waals surface area (Å²) in [7, 11) is -3.82. The van der Waals surface area contributed by atoms with E-state index in [0.717, 1.165) is 22.9 Å². The number of halogens is 1. The van der Waals surface area contributed by atoms with Crippen LogP contribution in [0.3, 0.4) is 0 Å². The Bertz CT molecular complexity index is 1060. The first-order valence-electron chi connectivity index (χ1n) is 8.34. The number of nitrogens with one attached hydrogen (secondary N) is 2. The lowest BCUT2D eigenvalue weighted by Crippen LogP contribution is -2.14. The molecule has 0 unspecified atom stereocenters. The van der Waals surface area contributed by atoms with E-state index in [9.17, 15) is 12.8 Å². The number of para-hydroxylation sites is 1. The van der Waals surface area contributed by atoms with Gasteiger partial charge in [0.15, 0.2) is 0 Å². The molecule has 1 heterocycles. The number of benzene rings is 2. The lowest BCUT2D eigenvalue weighted by molar-refractivity contribution is 0.598. The van der Waals surface area contributed by atoms with Crippen LogP contribution < -0.4 is 10.0 Å². The molecular weight excluding hydrogens is 365 g/mol. The van der Waals surface area contributed by atoms with Crippen molar-refractivity contribution in [3.8, 4) is 0 Å². The van der Waals surface area contributed by atoms with Gasteiger partial charge in [-0.15, -0.1) is 0 Å². The molecule has 2 N–H and O–H groups in total. The molecule has 0 spiro atoms. The van der Waals surface area contributed by atoms with Crippen LogP contribution in [0.15, 0.2) is 59.6 Å². The van der Waals surface area contributed by atoms with E-state index in [1.165, 1.54) is 18.3 Å². The van der Waals surface area contributed by atoms with Crippen molar-refractivity contribution in [2.45, 2.75) is 25.7 Å². The van der Waals surface area contributed by atoms with Gasteiger partial charge in [0.1, 0.15) is 11.6 Å². The highest BCUT2D eigenvalue weighted by molar-refractivity contribution is 7.92. The van der Waals surface area contributed by atoms with Crippen molar-refractivity contribution in [3.63, 3.8) is 0 Å². The zero-order valence-electron chi connectivity index (χ0n) is 15.2. The highest BCUT2D eigenvalue weighted by atomic mass is 32.2. The van der Waals surface area contributed by atoms with Crippen molar-refractivity contribution in [1.29, 1.82) is 0 Å². The Labute approximate surface area is 158 Å². The monoisotopic (exact) mass is 385 g/mol. The number of aromatic nitrogens is 1. The molecule has 5 nitrogen and oxygen atoms in total. The minimum atomic E-state index is -3.82. The number of anilines is 3. The zero-order chi connectivity index (χ0) is 19.6. The van der Waals surface area contributed by atoms with E-state index >= 15 is 0 Å². The minimum Gasteiger partial charge on any atom is -0.340 e.